The van der Waals surface area contributed by atoms with Crippen LogP contribution < -0.4 is 5.73 Å². The molecule has 1 aromatic heterocycles. The van der Waals surface area contributed by atoms with Gasteiger partial charge >= 0.3 is 0 Å². The first kappa shape index (κ1) is 10.9. The lowest BCUT2D eigenvalue weighted by Crippen LogP contribution is -2.04. The molecular formula is C13H16N2O. The summed E-state index contributed by atoms with van der Waals surface area (Å²) >= 11 is 0. The zero-order valence-electron chi connectivity index (χ0n) is 9.42. The minimum atomic E-state index is 0.167. The predicted molar refractivity (Wildman–Crippen MR) is 65.7 cm³/mol. The first-order chi connectivity index (χ1) is 7.72. The molecule has 0 amide bonds. The molecule has 2 aromatic rings. The van der Waals surface area contributed by atoms with Gasteiger partial charge in [0, 0.05) is 29.1 Å². The molecule has 0 fully saturated rings. The van der Waals surface area contributed by atoms with Gasteiger partial charge in [0.05, 0.1) is 0 Å². The van der Waals surface area contributed by atoms with Crippen LogP contribution in [0.3, 0.4) is 0 Å². The third kappa shape index (κ3) is 1.99. The topological polar surface area (TPSA) is 58.9 Å². The van der Waals surface area contributed by atoms with E-state index < -0.39 is 0 Å². The molecule has 0 saturated heterocycles. The monoisotopic (exact) mass is 216 g/mol. The smallest absolute Gasteiger partial charge is 0.165 e. The Balaban J connectivity index is 2.34. The van der Waals surface area contributed by atoms with E-state index in [-0.39, 0.29) is 5.78 Å². The number of benzene rings is 1. The van der Waals surface area contributed by atoms with E-state index in [4.69, 9.17) is 5.73 Å². The molecule has 0 atom stereocenters. The van der Waals surface area contributed by atoms with Gasteiger partial charge in [0.15, 0.2) is 5.78 Å². The normalized spacial score (nSPS) is 10.9. The van der Waals surface area contributed by atoms with Crippen molar-refractivity contribution in [2.24, 2.45) is 5.73 Å². The Morgan fingerprint density at radius 2 is 2.25 bits per heavy atom. The van der Waals surface area contributed by atoms with Crippen LogP contribution in [0.2, 0.25) is 0 Å². The van der Waals surface area contributed by atoms with Crippen molar-refractivity contribution >= 4 is 16.7 Å². The number of ketones is 1. The molecule has 1 heterocycles. The van der Waals surface area contributed by atoms with Crippen molar-refractivity contribution in [2.75, 3.05) is 6.54 Å². The second-order valence-electron chi connectivity index (χ2n) is 4.07. The van der Waals surface area contributed by atoms with Gasteiger partial charge in [0.25, 0.3) is 0 Å². The summed E-state index contributed by atoms with van der Waals surface area (Å²) in [6, 6.07) is 6.07. The Kier molecular flexibility index (Phi) is 3.06. The molecule has 0 saturated carbocycles. The zero-order chi connectivity index (χ0) is 11.5. The predicted octanol–water partition coefficient (Wildman–Crippen LogP) is 2.40. The molecule has 0 spiro atoms. The average Bonchev–Trinajstić information content (AvgIpc) is 2.68. The standard InChI is InChI=1S/C13H16N2O/c1-9-4-5-10-11(8-15-12(10)7-9)13(16)3-2-6-14/h4-5,7-8,15H,2-3,6,14H2,1H3. The van der Waals surface area contributed by atoms with Gasteiger partial charge in [-0.05, 0) is 31.5 Å². The summed E-state index contributed by atoms with van der Waals surface area (Å²) in [5.41, 5.74) is 8.40. The van der Waals surface area contributed by atoms with Crippen molar-refractivity contribution in [1.29, 1.82) is 0 Å². The highest BCUT2D eigenvalue weighted by molar-refractivity contribution is 6.07. The fourth-order valence-corrected chi connectivity index (χ4v) is 1.87. The van der Waals surface area contributed by atoms with Crippen LogP contribution in [0.1, 0.15) is 28.8 Å². The van der Waals surface area contributed by atoms with E-state index in [0.717, 1.165) is 22.9 Å². The number of fused-ring (bicyclic) bond motifs is 1. The van der Waals surface area contributed by atoms with E-state index in [1.807, 2.05) is 19.1 Å². The average molecular weight is 216 g/mol. The van der Waals surface area contributed by atoms with Crippen molar-refractivity contribution in [3.8, 4) is 0 Å². The molecule has 84 valence electrons. The molecule has 3 heteroatoms. The van der Waals surface area contributed by atoms with E-state index >= 15 is 0 Å². The molecule has 0 aliphatic carbocycles. The highest BCUT2D eigenvalue weighted by Crippen LogP contribution is 2.20. The maximum atomic E-state index is 11.9. The number of hydrogen-bond acceptors (Lipinski definition) is 2. The molecule has 0 aliphatic rings. The lowest BCUT2D eigenvalue weighted by Gasteiger charge is -1.98. The van der Waals surface area contributed by atoms with Crippen LogP contribution in [0.15, 0.2) is 24.4 Å². The van der Waals surface area contributed by atoms with Gasteiger partial charge in [-0.2, -0.15) is 0 Å². The summed E-state index contributed by atoms with van der Waals surface area (Å²) in [6.45, 7) is 2.60. The molecular weight excluding hydrogens is 200 g/mol. The van der Waals surface area contributed by atoms with Crippen LogP contribution >= 0.6 is 0 Å². The number of rotatable bonds is 4. The van der Waals surface area contributed by atoms with Crippen molar-refractivity contribution in [3.05, 3.63) is 35.5 Å². The van der Waals surface area contributed by atoms with Gasteiger partial charge in [-0.1, -0.05) is 12.1 Å². The number of aromatic amines is 1. The number of aromatic nitrogens is 1. The first-order valence-corrected chi connectivity index (χ1v) is 5.53. The third-order valence-electron chi connectivity index (χ3n) is 2.75. The summed E-state index contributed by atoms with van der Waals surface area (Å²) in [6.07, 6.45) is 3.07. The van der Waals surface area contributed by atoms with E-state index in [1.165, 1.54) is 5.56 Å². The van der Waals surface area contributed by atoms with Gasteiger partial charge < -0.3 is 10.7 Å². The molecule has 0 bridgehead atoms. The lowest BCUT2D eigenvalue weighted by atomic mass is 10.0. The second-order valence-corrected chi connectivity index (χ2v) is 4.07. The Hall–Kier alpha value is -1.61. The Bertz CT molecular complexity index is 514. The van der Waals surface area contributed by atoms with Crippen LogP contribution in [0.25, 0.3) is 10.9 Å². The highest BCUT2D eigenvalue weighted by atomic mass is 16.1. The molecule has 3 N–H and O–H groups in total. The molecule has 3 nitrogen and oxygen atoms in total. The highest BCUT2D eigenvalue weighted by Gasteiger charge is 2.10. The van der Waals surface area contributed by atoms with Gasteiger partial charge in [0.2, 0.25) is 0 Å². The summed E-state index contributed by atoms with van der Waals surface area (Å²) < 4.78 is 0. The van der Waals surface area contributed by atoms with Gasteiger partial charge in [-0.15, -0.1) is 0 Å². The SMILES string of the molecule is Cc1ccc2c(C(=O)CCCN)c[nH]c2c1. The van der Waals surface area contributed by atoms with E-state index in [0.29, 0.717) is 13.0 Å². The van der Waals surface area contributed by atoms with E-state index in [1.54, 1.807) is 6.20 Å². The molecule has 0 aliphatic heterocycles. The number of hydrogen-bond donors (Lipinski definition) is 2. The summed E-state index contributed by atoms with van der Waals surface area (Å²) in [5, 5.41) is 1.01. The number of carbonyl (C=O) groups excluding carboxylic acids is 1. The van der Waals surface area contributed by atoms with Crippen LogP contribution in [-0.4, -0.2) is 17.3 Å². The summed E-state index contributed by atoms with van der Waals surface area (Å²) in [7, 11) is 0. The van der Waals surface area contributed by atoms with E-state index in [9.17, 15) is 4.79 Å². The zero-order valence-corrected chi connectivity index (χ0v) is 9.42. The number of carbonyl (C=O) groups is 1. The van der Waals surface area contributed by atoms with Crippen LogP contribution in [0.4, 0.5) is 0 Å². The Morgan fingerprint density at radius 1 is 1.44 bits per heavy atom. The maximum absolute atomic E-state index is 11.9. The van der Waals surface area contributed by atoms with Gasteiger partial charge in [-0.3, -0.25) is 4.79 Å². The lowest BCUT2D eigenvalue weighted by molar-refractivity contribution is 0.0982. The van der Waals surface area contributed by atoms with Crippen LogP contribution in [-0.2, 0) is 0 Å². The number of aryl methyl sites for hydroxylation is 1. The number of nitrogens with two attached hydrogens (primary N) is 1. The quantitative estimate of drug-likeness (QED) is 0.771. The minimum Gasteiger partial charge on any atom is -0.360 e. The molecule has 16 heavy (non-hydrogen) atoms. The first-order valence-electron chi connectivity index (χ1n) is 5.53. The van der Waals surface area contributed by atoms with Crippen LogP contribution in [0, 0.1) is 6.92 Å². The van der Waals surface area contributed by atoms with E-state index in [2.05, 4.69) is 11.1 Å². The van der Waals surface area contributed by atoms with Crippen LogP contribution in [0.5, 0.6) is 0 Å². The molecule has 0 unspecified atom stereocenters. The summed E-state index contributed by atoms with van der Waals surface area (Å²) in [5.74, 6) is 0.167. The molecule has 1 aromatic carbocycles. The van der Waals surface area contributed by atoms with Crippen molar-refractivity contribution in [1.82, 2.24) is 4.98 Å². The fraction of sp³-hybridized carbons (Fsp3) is 0.308. The number of nitrogens with one attached hydrogen (secondary N) is 1. The Morgan fingerprint density at radius 3 is 3.00 bits per heavy atom. The molecule has 2 rings (SSSR count). The maximum Gasteiger partial charge on any atom is 0.165 e. The van der Waals surface area contributed by atoms with Gasteiger partial charge in [-0.25, -0.2) is 0 Å². The fourth-order valence-electron chi connectivity index (χ4n) is 1.87. The number of Topliss-reactive ketones (excluding diaryl/α,β-unsaturated/α-hetero) is 1. The second kappa shape index (κ2) is 4.49. The summed E-state index contributed by atoms with van der Waals surface area (Å²) in [4.78, 5) is 15.0. The minimum absolute atomic E-state index is 0.167. The third-order valence-corrected chi connectivity index (χ3v) is 2.75. The van der Waals surface area contributed by atoms with Crippen molar-refractivity contribution in [3.63, 3.8) is 0 Å². The van der Waals surface area contributed by atoms with Gasteiger partial charge in [0.1, 0.15) is 0 Å². The molecule has 0 radical (unpaired) electrons. The Labute approximate surface area is 94.6 Å². The van der Waals surface area contributed by atoms with Crippen molar-refractivity contribution < 1.29 is 4.79 Å². The largest absolute Gasteiger partial charge is 0.360 e. The van der Waals surface area contributed by atoms with Crippen molar-refractivity contribution in [2.45, 2.75) is 19.8 Å². The number of H-pyrrole nitrogens is 1.